The maximum atomic E-state index is 12.8. The van der Waals surface area contributed by atoms with E-state index in [9.17, 15) is 4.79 Å². The highest BCUT2D eigenvalue weighted by molar-refractivity contribution is 7.13. The van der Waals surface area contributed by atoms with Crippen molar-refractivity contribution in [2.45, 2.75) is 38.5 Å². The van der Waals surface area contributed by atoms with Gasteiger partial charge in [-0.05, 0) is 37.5 Å². The molecule has 2 saturated heterocycles. The molecule has 2 atom stereocenters. The number of hydrogen-bond donors (Lipinski definition) is 0. The van der Waals surface area contributed by atoms with E-state index in [0.717, 1.165) is 56.0 Å². The van der Waals surface area contributed by atoms with Gasteiger partial charge in [0.1, 0.15) is 0 Å². The molecule has 1 aliphatic carbocycles. The highest BCUT2D eigenvalue weighted by Crippen LogP contribution is 2.37. The number of thiazole rings is 1. The highest BCUT2D eigenvalue weighted by Gasteiger charge is 2.39. The van der Waals surface area contributed by atoms with Gasteiger partial charge in [0.05, 0.1) is 0 Å². The van der Waals surface area contributed by atoms with Crippen LogP contribution in [0.3, 0.4) is 0 Å². The first-order valence-electron chi connectivity index (χ1n) is 8.74. The number of carbonyl (C=O) groups excluding carboxylic acids is 1. The molecule has 1 amide bonds. The molecule has 2 unspecified atom stereocenters. The van der Waals surface area contributed by atoms with Crippen LogP contribution in [0, 0.1) is 17.8 Å². The van der Waals surface area contributed by atoms with Crippen molar-refractivity contribution in [3.05, 3.63) is 11.6 Å². The minimum atomic E-state index is 0.247. The number of rotatable bonds is 2. The van der Waals surface area contributed by atoms with Crippen LogP contribution in [-0.2, 0) is 4.79 Å². The zero-order valence-corrected chi connectivity index (χ0v) is 13.9. The second-order valence-corrected chi connectivity index (χ2v) is 8.00. The Hall–Kier alpha value is -1.10. The molecule has 1 aromatic heterocycles. The van der Waals surface area contributed by atoms with E-state index in [1.165, 1.54) is 25.7 Å². The Bertz CT molecular complexity index is 496. The van der Waals surface area contributed by atoms with Crippen LogP contribution in [0.15, 0.2) is 11.6 Å². The van der Waals surface area contributed by atoms with Crippen LogP contribution in [0.2, 0.25) is 0 Å². The van der Waals surface area contributed by atoms with Gasteiger partial charge < -0.3 is 9.80 Å². The summed E-state index contributed by atoms with van der Waals surface area (Å²) in [6, 6.07) is 0. The van der Waals surface area contributed by atoms with Crippen molar-refractivity contribution in [2.24, 2.45) is 17.8 Å². The third-order valence-corrected chi connectivity index (χ3v) is 6.65. The molecule has 0 spiro atoms. The van der Waals surface area contributed by atoms with E-state index in [2.05, 4.69) is 14.8 Å². The van der Waals surface area contributed by atoms with Crippen LogP contribution in [-0.4, -0.2) is 42.0 Å². The number of anilines is 1. The fraction of sp³-hybridized carbons (Fsp3) is 0.765. The van der Waals surface area contributed by atoms with Gasteiger partial charge in [0, 0.05) is 43.7 Å². The maximum absolute atomic E-state index is 12.8. The predicted molar refractivity (Wildman–Crippen MR) is 89.1 cm³/mol. The highest BCUT2D eigenvalue weighted by atomic mass is 32.1. The Balaban J connectivity index is 1.32. The predicted octanol–water partition coefficient (Wildman–Crippen LogP) is 3.01. The van der Waals surface area contributed by atoms with Crippen LogP contribution in [0.25, 0.3) is 0 Å². The Kier molecular flexibility index (Phi) is 4.07. The van der Waals surface area contributed by atoms with Gasteiger partial charge in [0.2, 0.25) is 5.91 Å². The normalized spacial score (nSPS) is 29.6. The zero-order valence-electron chi connectivity index (χ0n) is 13.1. The Morgan fingerprint density at radius 3 is 2.36 bits per heavy atom. The maximum Gasteiger partial charge on any atom is 0.225 e. The smallest absolute Gasteiger partial charge is 0.225 e. The average Bonchev–Trinajstić information content (AvgIpc) is 3.23. The van der Waals surface area contributed by atoms with E-state index in [0.29, 0.717) is 5.91 Å². The van der Waals surface area contributed by atoms with E-state index in [1.807, 2.05) is 11.6 Å². The summed E-state index contributed by atoms with van der Waals surface area (Å²) in [6.45, 7) is 4.03. The summed E-state index contributed by atoms with van der Waals surface area (Å²) < 4.78 is 0. The molecule has 1 saturated carbocycles. The zero-order chi connectivity index (χ0) is 14.9. The summed E-state index contributed by atoms with van der Waals surface area (Å²) in [6.07, 6.45) is 9.27. The lowest BCUT2D eigenvalue weighted by Crippen LogP contribution is -2.42. The van der Waals surface area contributed by atoms with Crippen molar-refractivity contribution in [3.63, 3.8) is 0 Å². The molecule has 3 heterocycles. The standard InChI is InChI=1S/C17H25N3OS/c21-16(20-11-14-3-1-2-4-15(14)12-20)13-5-8-19(9-6-13)17-18-7-10-22-17/h7,10,13-15H,1-6,8-9,11-12H2. The average molecular weight is 319 g/mol. The van der Waals surface area contributed by atoms with Crippen LogP contribution in [0.1, 0.15) is 38.5 Å². The molecule has 4 nitrogen and oxygen atoms in total. The number of nitrogens with zero attached hydrogens (tertiary/aromatic N) is 3. The van der Waals surface area contributed by atoms with Gasteiger partial charge in [-0.25, -0.2) is 4.98 Å². The molecule has 0 bridgehead atoms. The number of likely N-dealkylation sites (tertiary alicyclic amines) is 1. The number of carbonyl (C=O) groups is 1. The van der Waals surface area contributed by atoms with Crippen molar-refractivity contribution in [2.75, 3.05) is 31.1 Å². The first-order chi connectivity index (χ1) is 10.8. The fourth-order valence-electron chi connectivity index (χ4n) is 4.53. The molecule has 1 aromatic rings. The number of fused-ring (bicyclic) bond motifs is 1. The molecule has 0 radical (unpaired) electrons. The van der Waals surface area contributed by atoms with Gasteiger partial charge in [-0.2, -0.15) is 0 Å². The number of amides is 1. The molecule has 22 heavy (non-hydrogen) atoms. The fourth-order valence-corrected chi connectivity index (χ4v) is 5.23. The van der Waals surface area contributed by atoms with E-state index in [4.69, 9.17) is 0 Å². The van der Waals surface area contributed by atoms with Gasteiger partial charge in [-0.1, -0.05) is 12.8 Å². The first-order valence-corrected chi connectivity index (χ1v) is 9.62. The minimum Gasteiger partial charge on any atom is -0.348 e. The van der Waals surface area contributed by atoms with Crippen molar-refractivity contribution in [1.29, 1.82) is 0 Å². The molecule has 120 valence electrons. The van der Waals surface area contributed by atoms with E-state index < -0.39 is 0 Å². The Morgan fingerprint density at radius 2 is 1.77 bits per heavy atom. The summed E-state index contributed by atoms with van der Waals surface area (Å²) in [5.74, 6) is 2.28. The minimum absolute atomic E-state index is 0.247. The van der Waals surface area contributed by atoms with Crippen LogP contribution in [0.5, 0.6) is 0 Å². The van der Waals surface area contributed by atoms with Crippen LogP contribution < -0.4 is 4.90 Å². The third kappa shape index (κ3) is 2.75. The molecule has 0 N–H and O–H groups in total. The Labute approximate surface area is 136 Å². The van der Waals surface area contributed by atoms with Crippen LogP contribution in [0.4, 0.5) is 5.13 Å². The summed E-state index contributed by atoms with van der Waals surface area (Å²) in [5, 5.41) is 3.14. The number of piperidine rings is 1. The molecule has 3 fully saturated rings. The topological polar surface area (TPSA) is 36.4 Å². The molecular formula is C17H25N3OS. The Morgan fingerprint density at radius 1 is 1.09 bits per heavy atom. The van der Waals surface area contributed by atoms with Crippen molar-refractivity contribution in [3.8, 4) is 0 Å². The summed E-state index contributed by atoms with van der Waals surface area (Å²) >= 11 is 1.70. The quantitative estimate of drug-likeness (QED) is 0.841. The van der Waals surface area contributed by atoms with Gasteiger partial charge in [0.25, 0.3) is 0 Å². The lowest BCUT2D eigenvalue weighted by molar-refractivity contribution is -0.135. The van der Waals surface area contributed by atoms with Gasteiger partial charge >= 0.3 is 0 Å². The monoisotopic (exact) mass is 319 g/mol. The first kappa shape index (κ1) is 14.5. The molecule has 4 rings (SSSR count). The number of aromatic nitrogens is 1. The molecule has 2 aliphatic heterocycles. The third-order valence-electron chi connectivity index (χ3n) is 5.82. The summed E-state index contributed by atoms with van der Waals surface area (Å²) in [7, 11) is 0. The molecule has 5 heteroatoms. The molecular weight excluding hydrogens is 294 g/mol. The lowest BCUT2D eigenvalue weighted by atomic mass is 9.82. The van der Waals surface area contributed by atoms with E-state index in [-0.39, 0.29) is 5.92 Å². The molecule has 0 aromatic carbocycles. The number of hydrogen-bond acceptors (Lipinski definition) is 4. The van der Waals surface area contributed by atoms with Gasteiger partial charge in [-0.15, -0.1) is 11.3 Å². The van der Waals surface area contributed by atoms with Crippen molar-refractivity contribution in [1.82, 2.24) is 9.88 Å². The summed E-state index contributed by atoms with van der Waals surface area (Å²) in [5.41, 5.74) is 0. The molecule has 3 aliphatic rings. The SMILES string of the molecule is O=C(C1CCN(c2nccs2)CC1)N1CC2CCCCC2C1. The van der Waals surface area contributed by atoms with E-state index in [1.54, 1.807) is 11.3 Å². The second kappa shape index (κ2) is 6.19. The van der Waals surface area contributed by atoms with E-state index >= 15 is 0 Å². The van der Waals surface area contributed by atoms with Crippen molar-refractivity contribution >= 4 is 22.4 Å². The van der Waals surface area contributed by atoms with Gasteiger partial charge in [0.15, 0.2) is 5.13 Å². The lowest BCUT2D eigenvalue weighted by Gasteiger charge is -2.33. The van der Waals surface area contributed by atoms with Gasteiger partial charge in [-0.3, -0.25) is 4.79 Å². The summed E-state index contributed by atoms with van der Waals surface area (Å²) in [4.78, 5) is 21.7. The largest absolute Gasteiger partial charge is 0.348 e. The second-order valence-electron chi connectivity index (χ2n) is 7.12. The van der Waals surface area contributed by atoms with Crippen LogP contribution >= 0.6 is 11.3 Å². The van der Waals surface area contributed by atoms with Crippen molar-refractivity contribution < 1.29 is 4.79 Å².